The Labute approximate surface area is 97.3 Å². The van der Waals surface area contributed by atoms with Crippen molar-refractivity contribution in [1.82, 2.24) is 10.2 Å². The zero-order chi connectivity index (χ0) is 11.5. The topological polar surface area (TPSA) is 41.6 Å². The predicted octanol–water partition coefficient (Wildman–Crippen LogP) is 1.61. The first-order valence-corrected chi connectivity index (χ1v) is 6.33. The van der Waals surface area contributed by atoms with Crippen LogP contribution in [-0.2, 0) is 4.74 Å². The summed E-state index contributed by atoms with van der Waals surface area (Å²) in [4.78, 5) is 13.5. The fraction of sp³-hybridized carbons (Fsp3) is 0.917. The van der Waals surface area contributed by atoms with E-state index in [2.05, 4.69) is 24.1 Å². The summed E-state index contributed by atoms with van der Waals surface area (Å²) in [7, 11) is 0. The van der Waals surface area contributed by atoms with Crippen LogP contribution >= 0.6 is 0 Å². The lowest BCUT2D eigenvalue weighted by Crippen LogP contribution is -2.41. The minimum absolute atomic E-state index is 0.101. The van der Waals surface area contributed by atoms with Gasteiger partial charge in [0.1, 0.15) is 6.10 Å². The Morgan fingerprint density at radius 2 is 2.38 bits per heavy atom. The summed E-state index contributed by atoms with van der Waals surface area (Å²) in [6.45, 7) is 7.57. The van der Waals surface area contributed by atoms with E-state index in [1.807, 2.05) is 0 Å². The van der Waals surface area contributed by atoms with E-state index in [1.54, 1.807) is 0 Å². The smallest absolute Gasteiger partial charge is 0.407 e. The van der Waals surface area contributed by atoms with Crippen molar-refractivity contribution in [3.05, 3.63) is 0 Å². The standard InChI is InChI=1S/C12H22N2O2/c1-9(2)14-5-3-4-10(8-14)6-11-7-13-12(15)16-11/h9-11H,3-8H2,1-2H3,(H,13,15). The number of ether oxygens (including phenoxy) is 1. The zero-order valence-corrected chi connectivity index (χ0v) is 10.2. The van der Waals surface area contributed by atoms with Gasteiger partial charge in [-0.25, -0.2) is 4.79 Å². The van der Waals surface area contributed by atoms with Gasteiger partial charge in [0.25, 0.3) is 0 Å². The van der Waals surface area contributed by atoms with Gasteiger partial charge in [-0.05, 0) is 45.6 Å². The quantitative estimate of drug-likeness (QED) is 0.795. The molecule has 0 saturated carbocycles. The molecule has 0 radical (unpaired) electrons. The first-order chi connectivity index (χ1) is 7.65. The van der Waals surface area contributed by atoms with Gasteiger partial charge >= 0.3 is 6.09 Å². The molecule has 2 rings (SSSR count). The lowest BCUT2D eigenvalue weighted by molar-refractivity contribution is 0.0890. The van der Waals surface area contributed by atoms with E-state index in [1.165, 1.54) is 19.4 Å². The molecule has 92 valence electrons. The molecule has 2 unspecified atom stereocenters. The average molecular weight is 226 g/mol. The number of rotatable bonds is 3. The molecule has 1 N–H and O–H groups in total. The van der Waals surface area contributed by atoms with Crippen LogP contribution in [0.25, 0.3) is 0 Å². The van der Waals surface area contributed by atoms with E-state index in [0.717, 1.165) is 13.0 Å². The van der Waals surface area contributed by atoms with E-state index in [9.17, 15) is 4.79 Å². The first kappa shape index (κ1) is 11.7. The van der Waals surface area contributed by atoms with Crippen molar-refractivity contribution in [2.45, 2.75) is 45.3 Å². The summed E-state index contributed by atoms with van der Waals surface area (Å²) in [5.74, 6) is 0.689. The van der Waals surface area contributed by atoms with Crippen molar-refractivity contribution in [3.8, 4) is 0 Å². The van der Waals surface area contributed by atoms with Crippen LogP contribution in [0.3, 0.4) is 0 Å². The number of nitrogens with one attached hydrogen (secondary N) is 1. The fourth-order valence-corrected chi connectivity index (χ4v) is 2.69. The number of amides is 1. The molecule has 2 atom stereocenters. The Morgan fingerprint density at radius 1 is 1.56 bits per heavy atom. The summed E-state index contributed by atoms with van der Waals surface area (Å²) in [6, 6.07) is 0.632. The number of carbonyl (C=O) groups is 1. The zero-order valence-electron chi connectivity index (χ0n) is 10.2. The van der Waals surface area contributed by atoms with Crippen LogP contribution in [-0.4, -0.2) is 42.8 Å². The highest BCUT2D eigenvalue weighted by molar-refractivity contribution is 5.69. The highest BCUT2D eigenvalue weighted by Gasteiger charge is 2.28. The predicted molar refractivity (Wildman–Crippen MR) is 62.3 cm³/mol. The third-order valence-corrected chi connectivity index (χ3v) is 3.62. The lowest BCUT2D eigenvalue weighted by Gasteiger charge is -2.36. The number of alkyl carbamates (subject to hydrolysis) is 1. The first-order valence-electron chi connectivity index (χ1n) is 6.33. The molecule has 2 heterocycles. The minimum Gasteiger partial charge on any atom is -0.444 e. The van der Waals surface area contributed by atoms with Gasteiger partial charge in [0.2, 0.25) is 0 Å². The lowest BCUT2D eigenvalue weighted by atomic mass is 9.91. The Hall–Kier alpha value is -0.770. The molecule has 0 aliphatic carbocycles. The maximum atomic E-state index is 10.9. The number of hydrogen-bond donors (Lipinski definition) is 1. The van der Waals surface area contributed by atoms with Crippen LogP contribution < -0.4 is 5.32 Å². The van der Waals surface area contributed by atoms with Crippen molar-refractivity contribution < 1.29 is 9.53 Å². The molecular formula is C12H22N2O2. The molecule has 2 saturated heterocycles. The fourth-order valence-electron chi connectivity index (χ4n) is 2.69. The molecule has 2 fully saturated rings. The number of piperidine rings is 1. The number of likely N-dealkylation sites (tertiary alicyclic amines) is 1. The summed E-state index contributed by atoms with van der Waals surface area (Å²) >= 11 is 0. The van der Waals surface area contributed by atoms with Gasteiger partial charge in [-0.1, -0.05) is 0 Å². The molecule has 1 amide bonds. The van der Waals surface area contributed by atoms with Gasteiger partial charge in [0.15, 0.2) is 0 Å². The minimum atomic E-state index is -0.249. The van der Waals surface area contributed by atoms with Crippen molar-refractivity contribution in [1.29, 1.82) is 0 Å². The molecule has 0 bridgehead atoms. The highest BCUT2D eigenvalue weighted by Crippen LogP contribution is 2.24. The monoisotopic (exact) mass is 226 g/mol. The summed E-state index contributed by atoms with van der Waals surface area (Å²) in [5.41, 5.74) is 0. The SMILES string of the molecule is CC(C)N1CCCC(CC2CNC(=O)O2)C1. The highest BCUT2D eigenvalue weighted by atomic mass is 16.6. The summed E-state index contributed by atoms with van der Waals surface area (Å²) in [5, 5.41) is 2.72. The maximum absolute atomic E-state index is 10.9. The van der Waals surface area contributed by atoms with Gasteiger partial charge in [-0.3, -0.25) is 0 Å². The van der Waals surface area contributed by atoms with Crippen LogP contribution in [0.1, 0.15) is 33.1 Å². The van der Waals surface area contributed by atoms with Crippen LogP contribution in [0.5, 0.6) is 0 Å². The van der Waals surface area contributed by atoms with Gasteiger partial charge in [0, 0.05) is 12.6 Å². The third kappa shape index (κ3) is 2.88. The molecule has 0 aromatic rings. The summed E-state index contributed by atoms with van der Waals surface area (Å²) < 4.78 is 5.19. The second-order valence-electron chi connectivity index (χ2n) is 5.24. The van der Waals surface area contributed by atoms with E-state index < -0.39 is 0 Å². The molecule has 0 aromatic carbocycles. The van der Waals surface area contributed by atoms with E-state index in [-0.39, 0.29) is 12.2 Å². The van der Waals surface area contributed by atoms with Gasteiger partial charge in [-0.2, -0.15) is 0 Å². The number of nitrogens with zero attached hydrogens (tertiary/aromatic N) is 1. The Bertz CT molecular complexity index is 255. The van der Waals surface area contributed by atoms with Crippen molar-refractivity contribution in [3.63, 3.8) is 0 Å². The summed E-state index contributed by atoms with van der Waals surface area (Å²) in [6.07, 6.45) is 3.42. The van der Waals surface area contributed by atoms with Crippen molar-refractivity contribution in [2.75, 3.05) is 19.6 Å². The normalized spacial score (nSPS) is 31.6. The second kappa shape index (κ2) is 5.04. The average Bonchev–Trinajstić information content (AvgIpc) is 2.64. The molecule has 4 nitrogen and oxygen atoms in total. The van der Waals surface area contributed by atoms with Crippen molar-refractivity contribution >= 4 is 6.09 Å². The van der Waals surface area contributed by atoms with Crippen molar-refractivity contribution in [2.24, 2.45) is 5.92 Å². The van der Waals surface area contributed by atoms with Gasteiger partial charge < -0.3 is 15.0 Å². The Morgan fingerprint density at radius 3 is 3.00 bits per heavy atom. The van der Waals surface area contributed by atoms with Crippen LogP contribution in [0.4, 0.5) is 4.79 Å². The third-order valence-electron chi connectivity index (χ3n) is 3.62. The molecular weight excluding hydrogens is 204 g/mol. The molecule has 2 aliphatic heterocycles. The van der Waals surface area contributed by atoms with E-state index >= 15 is 0 Å². The maximum Gasteiger partial charge on any atom is 0.407 e. The largest absolute Gasteiger partial charge is 0.444 e. The number of cyclic esters (lactones) is 1. The molecule has 16 heavy (non-hydrogen) atoms. The number of hydrogen-bond acceptors (Lipinski definition) is 3. The second-order valence-corrected chi connectivity index (χ2v) is 5.24. The van der Waals surface area contributed by atoms with Crippen LogP contribution in [0.2, 0.25) is 0 Å². The van der Waals surface area contributed by atoms with Crippen LogP contribution in [0.15, 0.2) is 0 Å². The van der Waals surface area contributed by atoms with Gasteiger partial charge in [0.05, 0.1) is 6.54 Å². The van der Waals surface area contributed by atoms with Gasteiger partial charge in [-0.15, -0.1) is 0 Å². The Balaban J connectivity index is 1.79. The molecule has 4 heteroatoms. The Kier molecular flexibility index (Phi) is 3.69. The molecule has 0 aromatic heterocycles. The van der Waals surface area contributed by atoms with E-state index in [4.69, 9.17) is 4.74 Å². The number of carbonyl (C=O) groups excluding carboxylic acids is 1. The van der Waals surface area contributed by atoms with E-state index in [0.29, 0.717) is 18.5 Å². The van der Waals surface area contributed by atoms with Crippen LogP contribution in [0, 0.1) is 5.92 Å². The molecule has 2 aliphatic rings. The molecule has 0 spiro atoms.